The molecule has 0 unspecified atom stereocenters. The van der Waals surface area contributed by atoms with E-state index in [0.717, 1.165) is 38.2 Å². The normalized spacial score (nSPS) is 11.5. The molecule has 34 heavy (non-hydrogen) atoms. The van der Waals surface area contributed by atoms with Gasteiger partial charge in [-0.2, -0.15) is 5.10 Å². The lowest BCUT2D eigenvalue weighted by atomic mass is 10.2. The molecular formula is C25H19N5O3S. The topological polar surface area (TPSA) is 102 Å². The Labute approximate surface area is 198 Å². The first-order valence-corrected chi connectivity index (χ1v) is 11.3. The van der Waals surface area contributed by atoms with Gasteiger partial charge in [-0.3, -0.25) is 19.9 Å². The molecule has 5 aromatic rings. The van der Waals surface area contributed by atoms with Gasteiger partial charge in [0.05, 0.1) is 21.5 Å². The van der Waals surface area contributed by atoms with Gasteiger partial charge < -0.3 is 4.57 Å². The van der Waals surface area contributed by atoms with Crippen molar-refractivity contribution in [1.82, 2.24) is 15.0 Å². The number of amides is 1. The van der Waals surface area contributed by atoms with Crippen LogP contribution in [-0.2, 0) is 0 Å². The number of benzene rings is 2. The van der Waals surface area contributed by atoms with Crippen molar-refractivity contribution in [3.63, 3.8) is 0 Å². The van der Waals surface area contributed by atoms with E-state index in [1.165, 1.54) is 23.5 Å². The van der Waals surface area contributed by atoms with Crippen molar-refractivity contribution in [3.8, 4) is 5.69 Å². The largest absolute Gasteiger partial charge is 0.318 e. The second-order valence-electron chi connectivity index (χ2n) is 7.83. The Hall–Kier alpha value is -4.37. The van der Waals surface area contributed by atoms with Crippen LogP contribution in [-0.4, -0.2) is 26.6 Å². The van der Waals surface area contributed by atoms with Crippen LogP contribution in [0.5, 0.6) is 0 Å². The number of rotatable bonds is 5. The molecule has 8 nitrogen and oxygen atoms in total. The second kappa shape index (κ2) is 8.53. The number of thiophene rings is 1. The number of nitrogens with zero attached hydrogens (tertiary/aromatic N) is 4. The van der Waals surface area contributed by atoms with Crippen LogP contribution in [0.1, 0.15) is 26.6 Å². The summed E-state index contributed by atoms with van der Waals surface area (Å²) in [6.07, 6.45) is 3.40. The van der Waals surface area contributed by atoms with Crippen molar-refractivity contribution in [2.24, 2.45) is 5.10 Å². The average Bonchev–Trinajstić information content (AvgIpc) is 3.38. The van der Waals surface area contributed by atoms with Gasteiger partial charge in [-0.25, -0.2) is 5.43 Å². The molecule has 3 aromatic heterocycles. The molecule has 0 bridgehead atoms. The highest BCUT2D eigenvalue weighted by Crippen LogP contribution is 2.29. The SMILES string of the molecule is Cc1cc(/C=N\NC(=O)c2cc3cc([N+](=O)[O-])ccc3s2)c(C)n1-c1ccc2ncccc2c1. The van der Waals surface area contributed by atoms with Crippen LogP contribution in [0, 0.1) is 24.0 Å². The number of hydrogen-bond donors (Lipinski definition) is 1. The number of pyridine rings is 1. The van der Waals surface area contributed by atoms with Gasteiger partial charge in [0.2, 0.25) is 0 Å². The zero-order valence-electron chi connectivity index (χ0n) is 18.4. The maximum Gasteiger partial charge on any atom is 0.281 e. The smallest absolute Gasteiger partial charge is 0.281 e. The molecule has 3 heterocycles. The fraction of sp³-hybridized carbons (Fsp3) is 0.0800. The van der Waals surface area contributed by atoms with Crippen LogP contribution >= 0.6 is 11.3 Å². The van der Waals surface area contributed by atoms with E-state index in [2.05, 4.69) is 26.1 Å². The molecular weight excluding hydrogens is 450 g/mol. The lowest BCUT2D eigenvalue weighted by Gasteiger charge is -2.10. The monoisotopic (exact) mass is 469 g/mol. The minimum absolute atomic E-state index is 0.00619. The Kier molecular flexibility index (Phi) is 5.39. The number of aryl methyl sites for hydroxylation is 1. The number of nitrogens with one attached hydrogen (secondary N) is 1. The van der Waals surface area contributed by atoms with Crippen LogP contribution in [0.25, 0.3) is 26.7 Å². The Morgan fingerprint density at radius 1 is 1.12 bits per heavy atom. The summed E-state index contributed by atoms with van der Waals surface area (Å²) < 4.78 is 2.93. The summed E-state index contributed by atoms with van der Waals surface area (Å²) in [6, 6.07) is 18.3. The standard InChI is InChI=1S/C25H19N5O3S/c1-15-10-19(16(2)29(15)20-5-7-22-17(11-20)4-3-9-26-22)14-27-28-25(31)24-13-18-12-21(30(32)33)6-8-23(18)34-24/h3-14H,1-2H3,(H,28,31)/b27-14-. The molecule has 0 radical (unpaired) electrons. The van der Waals surface area contributed by atoms with Gasteiger partial charge in [0, 0.05) is 56.4 Å². The van der Waals surface area contributed by atoms with E-state index in [0.29, 0.717) is 10.3 Å². The zero-order chi connectivity index (χ0) is 23.8. The molecule has 0 fully saturated rings. The third-order valence-corrected chi connectivity index (χ3v) is 6.73. The Balaban J connectivity index is 1.36. The van der Waals surface area contributed by atoms with Crippen molar-refractivity contribution >= 4 is 50.1 Å². The van der Waals surface area contributed by atoms with Crippen LogP contribution < -0.4 is 5.43 Å². The summed E-state index contributed by atoms with van der Waals surface area (Å²) in [7, 11) is 0. The number of hydrogen-bond acceptors (Lipinski definition) is 6. The van der Waals surface area contributed by atoms with E-state index in [9.17, 15) is 14.9 Å². The number of nitro groups is 1. The molecule has 0 aliphatic rings. The molecule has 1 amide bonds. The lowest BCUT2D eigenvalue weighted by molar-refractivity contribution is -0.384. The third kappa shape index (κ3) is 3.93. The molecule has 1 N–H and O–H groups in total. The highest BCUT2D eigenvalue weighted by atomic mass is 32.1. The fourth-order valence-corrected chi connectivity index (χ4v) is 4.92. The molecule has 0 aliphatic carbocycles. The number of fused-ring (bicyclic) bond motifs is 2. The maximum absolute atomic E-state index is 12.6. The predicted molar refractivity (Wildman–Crippen MR) is 134 cm³/mol. The molecule has 0 saturated heterocycles. The van der Waals surface area contributed by atoms with Gasteiger partial charge >= 0.3 is 0 Å². The maximum atomic E-state index is 12.6. The minimum atomic E-state index is -0.452. The average molecular weight is 470 g/mol. The summed E-state index contributed by atoms with van der Waals surface area (Å²) in [6.45, 7) is 4.02. The van der Waals surface area contributed by atoms with Crippen LogP contribution in [0.3, 0.4) is 0 Å². The van der Waals surface area contributed by atoms with Crippen LogP contribution in [0.15, 0.2) is 72.0 Å². The highest BCUT2D eigenvalue weighted by Gasteiger charge is 2.14. The first kappa shape index (κ1) is 21.5. The highest BCUT2D eigenvalue weighted by molar-refractivity contribution is 7.20. The van der Waals surface area contributed by atoms with Crippen molar-refractivity contribution in [2.45, 2.75) is 13.8 Å². The molecule has 0 aliphatic heterocycles. The van der Waals surface area contributed by atoms with Gasteiger partial charge in [-0.1, -0.05) is 6.07 Å². The first-order valence-electron chi connectivity index (χ1n) is 10.5. The number of carbonyl (C=O) groups is 1. The fourth-order valence-electron chi connectivity index (χ4n) is 3.99. The zero-order valence-corrected chi connectivity index (χ0v) is 19.2. The van der Waals surface area contributed by atoms with Gasteiger partial charge in [0.1, 0.15) is 0 Å². The van der Waals surface area contributed by atoms with Crippen molar-refractivity contribution in [3.05, 3.63) is 98.8 Å². The van der Waals surface area contributed by atoms with Gasteiger partial charge in [0.15, 0.2) is 0 Å². The molecule has 2 aromatic carbocycles. The van der Waals surface area contributed by atoms with Crippen molar-refractivity contribution in [1.29, 1.82) is 0 Å². The first-order chi connectivity index (χ1) is 16.4. The Morgan fingerprint density at radius 3 is 2.79 bits per heavy atom. The number of carbonyl (C=O) groups excluding carboxylic acids is 1. The van der Waals surface area contributed by atoms with Gasteiger partial charge in [-0.15, -0.1) is 11.3 Å². The van der Waals surface area contributed by atoms with E-state index in [1.54, 1.807) is 24.5 Å². The van der Waals surface area contributed by atoms with E-state index < -0.39 is 4.92 Å². The lowest BCUT2D eigenvalue weighted by Crippen LogP contribution is -2.16. The van der Waals surface area contributed by atoms with Crippen molar-refractivity contribution < 1.29 is 9.72 Å². The second-order valence-corrected chi connectivity index (χ2v) is 8.92. The molecule has 5 rings (SSSR count). The quantitative estimate of drug-likeness (QED) is 0.208. The summed E-state index contributed by atoms with van der Waals surface area (Å²) in [5, 5.41) is 16.8. The number of non-ortho nitro benzene ring substituents is 1. The van der Waals surface area contributed by atoms with Crippen molar-refractivity contribution in [2.75, 3.05) is 0 Å². The molecule has 168 valence electrons. The van der Waals surface area contributed by atoms with Gasteiger partial charge in [-0.05, 0) is 56.3 Å². The summed E-state index contributed by atoms with van der Waals surface area (Å²) in [5.41, 5.74) is 7.43. The van der Waals surface area contributed by atoms with E-state index in [-0.39, 0.29) is 11.6 Å². The van der Waals surface area contributed by atoms with E-state index in [4.69, 9.17) is 0 Å². The number of aromatic nitrogens is 2. The molecule has 9 heteroatoms. The Morgan fingerprint density at radius 2 is 1.97 bits per heavy atom. The number of nitro benzene ring substituents is 1. The summed E-state index contributed by atoms with van der Waals surface area (Å²) in [4.78, 5) is 27.9. The minimum Gasteiger partial charge on any atom is -0.318 e. The molecule has 0 atom stereocenters. The van der Waals surface area contributed by atoms with E-state index in [1.807, 2.05) is 44.2 Å². The molecule has 0 spiro atoms. The third-order valence-electron chi connectivity index (χ3n) is 5.62. The summed E-state index contributed by atoms with van der Waals surface area (Å²) in [5.74, 6) is -0.365. The molecule has 0 saturated carbocycles. The van der Waals surface area contributed by atoms with Crippen LogP contribution in [0.4, 0.5) is 5.69 Å². The van der Waals surface area contributed by atoms with E-state index >= 15 is 0 Å². The number of hydrazone groups is 1. The predicted octanol–water partition coefficient (Wildman–Crippen LogP) is 5.53. The Bertz CT molecular complexity index is 1620. The van der Waals surface area contributed by atoms with Crippen LogP contribution in [0.2, 0.25) is 0 Å². The van der Waals surface area contributed by atoms with Gasteiger partial charge in [0.25, 0.3) is 11.6 Å². The summed E-state index contributed by atoms with van der Waals surface area (Å²) >= 11 is 1.26.